The Kier molecular flexibility index (Phi) is 16.1. The number of carbonyl (C=O) groups is 2. The van der Waals surface area contributed by atoms with Crippen LogP contribution in [0.1, 0.15) is 32.1 Å². The van der Waals surface area contributed by atoms with Crippen LogP contribution in [0.2, 0.25) is 0 Å². The SMILES string of the molecule is F[P-](F)(F)(F)(F)F.O=C1OCc2ccc3c(c2)OCCOCCOCCOc2cc(ccc2OCCOCCOCCO3)COC(=O)c2cccc1n2.[NH4+]. The molecule has 0 unspecified atom stereocenters. The van der Waals surface area contributed by atoms with Gasteiger partial charge in [-0.2, -0.15) is 0 Å². The molecule has 2 aromatic carbocycles. The van der Waals surface area contributed by atoms with Crippen molar-refractivity contribution in [1.82, 2.24) is 11.1 Å². The molecule has 2 aliphatic rings. The van der Waals surface area contributed by atoms with Crippen LogP contribution in [-0.2, 0) is 41.6 Å². The Hall–Kier alpha value is -4.46. The molecule has 0 fully saturated rings. The Morgan fingerprint density at radius 3 is 1.11 bits per heavy atom. The zero-order valence-corrected chi connectivity index (χ0v) is 30.1. The zero-order valence-electron chi connectivity index (χ0n) is 29.2. The fourth-order valence-corrected chi connectivity index (χ4v) is 4.34. The third kappa shape index (κ3) is 18.0. The number of pyridine rings is 1. The molecule has 0 saturated carbocycles. The molecule has 0 amide bonds. The van der Waals surface area contributed by atoms with Gasteiger partial charge < -0.3 is 53.5 Å². The van der Waals surface area contributed by atoms with Crippen LogP contribution in [0.25, 0.3) is 0 Å². The van der Waals surface area contributed by atoms with Gasteiger partial charge in [0.25, 0.3) is 0 Å². The molecule has 302 valence electrons. The van der Waals surface area contributed by atoms with Crippen molar-refractivity contribution in [2.75, 3.05) is 79.3 Å². The number of fused-ring (bicyclic) bond motifs is 13. The van der Waals surface area contributed by atoms with E-state index in [-0.39, 0.29) is 57.2 Å². The number of carbonyl (C=O) groups excluding carboxylic acids is 2. The summed E-state index contributed by atoms with van der Waals surface area (Å²) in [5, 5.41) is 0. The van der Waals surface area contributed by atoms with Gasteiger partial charge in [0.1, 0.15) is 51.0 Å². The largest absolute Gasteiger partial charge is 0.487 e. The Morgan fingerprint density at radius 1 is 0.444 bits per heavy atom. The molecule has 3 heterocycles. The van der Waals surface area contributed by atoms with Crippen LogP contribution in [-0.4, -0.2) is 96.2 Å². The van der Waals surface area contributed by atoms with Crippen molar-refractivity contribution in [3.05, 3.63) is 77.1 Å². The van der Waals surface area contributed by atoms with Crippen LogP contribution in [0.3, 0.4) is 0 Å². The van der Waals surface area contributed by atoms with Gasteiger partial charge in [-0.15, -0.1) is 0 Å². The molecule has 3 aromatic rings. The first-order valence-corrected chi connectivity index (χ1v) is 18.1. The van der Waals surface area contributed by atoms with Gasteiger partial charge in [-0.3, -0.25) is 0 Å². The molecule has 0 radical (unpaired) electrons. The van der Waals surface area contributed by atoms with E-state index in [1.54, 1.807) is 36.4 Å². The van der Waals surface area contributed by atoms with Gasteiger partial charge in [-0.1, -0.05) is 18.2 Å². The number of esters is 2. The fraction of sp³-hybridized carbons (Fsp3) is 0.424. The smallest absolute Gasteiger partial charge is 0.357 e. The van der Waals surface area contributed by atoms with Crippen LogP contribution in [0.15, 0.2) is 54.6 Å². The quantitative estimate of drug-likeness (QED) is 0.105. The second-order valence-corrected chi connectivity index (χ2v) is 12.8. The van der Waals surface area contributed by atoms with E-state index in [2.05, 4.69) is 4.98 Å². The van der Waals surface area contributed by atoms with Crippen molar-refractivity contribution < 1.29 is 82.1 Å². The van der Waals surface area contributed by atoms with Gasteiger partial charge in [-0.25, -0.2) is 14.6 Å². The summed E-state index contributed by atoms with van der Waals surface area (Å²) in [4.78, 5) is 29.9. The summed E-state index contributed by atoms with van der Waals surface area (Å²) in [7, 11) is -10.7. The van der Waals surface area contributed by atoms with E-state index in [1.807, 2.05) is 0 Å². The number of benzene rings is 2. The Balaban J connectivity index is 0.000000893. The standard InChI is InChI=1S/C33H37NO12.F6P.H3N/c35-32-26-2-1-3-27(34-26)33(36)46-23-25-5-7-29-31(21-25)44-19-15-40-11-10-39-14-18-43-30-20-24(22-45-32)4-6-28(30)41-16-12-37-8-9-38-13-17-42-29;1-7(2,3,4,5)6;/h1-7,20-21H,8-19,22-23H2;;1H3/q;-1;/p+1. The summed E-state index contributed by atoms with van der Waals surface area (Å²) >= 11 is 0. The van der Waals surface area contributed by atoms with Gasteiger partial charge in [-0.05, 0) is 47.5 Å². The molecule has 6 bridgehead atoms. The van der Waals surface area contributed by atoms with Crippen molar-refractivity contribution in [2.24, 2.45) is 0 Å². The molecular formula is C33H41F6N2O12P. The molecule has 4 N–H and O–H groups in total. The number of aromatic nitrogens is 1. The minimum Gasteiger partial charge on any atom is -0.487 e. The topological polar surface area (TPSA) is 176 Å². The summed E-state index contributed by atoms with van der Waals surface area (Å²) in [5.74, 6) is 0.522. The van der Waals surface area contributed by atoms with Gasteiger partial charge in [0.2, 0.25) is 0 Å². The molecule has 0 spiro atoms. The number of hydrogen-bond acceptors (Lipinski definition) is 13. The minimum absolute atomic E-state index is 0. The molecular weight excluding hydrogens is 761 g/mol. The number of hydrogen-bond donors (Lipinski definition) is 1. The van der Waals surface area contributed by atoms with E-state index in [4.69, 9.17) is 47.4 Å². The molecule has 14 nitrogen and oxygen atoms in total. The zero-order chi connectivity index (χ0) is 38.2. The van der Waals surface area contributed by atoms with Crippen LogP contribution < -0.4 is 25.1 Å². The van der Waals surface area contributed by atoms with Crippen molar-refractivity contribution in [2.45, 2.75) is 13.2 Å². The molecule has 21 heteroatoms. The summed E-state index contributed by atoms with van der Waals surface area (Å²) in [6.07, 6.45) is 0. The molecule has 0 saturated heterocycles. The molecule has 54 heavy (non-hydrogen) atoms. The van der Waals surface area contributed by atoms with Gasteiger partial charge in [0.05, 0.1) is 52.9 Å². The van der Waals surface area contributed by atoms with Gasteiger partial charge in [0, 0.05) is 0 Å². The van der Waals surface area contributed by atoms with Crippen molar-refractivity contribution in [1.29, 1.82) is 0 Å². The van der Waals surface area contributed by atoms with E-state index >= 15 is 0 Å². The average Bonchev–Trinajstić information content (AvgIpc) is 3.10. The Morgan fingerprint density at radius 2 is 0.759 bits per heavy atom. The first-order valence-electron chi connectivity index (χ1n) is 16.1. The maximum absolute atomic E-state index is 12.8. The monoisotopic (exact) mass is 802 g/mol. The van der Waals surface area contributed by atoms with E-state index < -0.39 is 19.7 Å². The molecule has 5 rings (SSSR count). The molecule has 2 aliphatic heterocycles. The average molecular weight is 803 g/mol. The van der Waals surface area contributed by atoms with Crippen LogP contribution in [0.5, 0.6) is 23.0 Å². The van der Waals surface area contributed by atoms with E-state index in [9.17, 15) is 34.8 Å². The maximum Gasteiger partial charge on any atom is 0.357 e. The predicted octanol–water partition coefficient (Wildman–Crippen LogP) is 7.16. The van der Waals surface area contributed by atoms with E-state index in [1.165, 1.54) is 18.2 Å². The van der Waals surface area contributed by atoms with Crippen LogP contribution >= 0.6 is 7.81 Å². The molecule has 1 aromatic heterocycles. The fourth-order valence-electron chi connectivity index (χ4n) is 4.34. The van der Waals surface area contributed by atoms with Crippen LogP contribution in [0, 0.1) is 0 Å². The number of quaternary nitrogens is 1. The first kappa shape index (κ1) is 43.9. The molecule has 0 atom stereocenters. The van der Waals surface area contributed by atoms with E-state index in [0.717, 1.165) is 0 Å². The summed E-state index contributed by atoms with van der Waals surface area (Å²) in [6.45, 7) is 3.76. The predicted molar refractivity (Wildman–Crippen MR) is 180 cm³/mol. The summed E-state index contributed by atoms with van der Waals surface area (Å²) in [5.41, 5.74) is 1.26. The number of halogens is 6. The third-order valence-electron chi connectivity index (χ3n) is 6.61. The summed E-state index contributed by atoms with van der Waals surface area (Å²) < 4.78 is 117. The number of ether oxygens (including phenoxy) is 10. The third-order valence-corrected chi connectivity index (χ3v) is 6.61. The number of nitrogens with zero attached hydrogens (tertiary/aromatic N) is 1. The first-order chi connectivity index (χ1) is 25.1. The number of cyclic esters (lactones) is 2. The normalized spacial score (nSPS) is 18.3. The second kappa shape index (κ2) is 19.7. The molecule has 0 aliphatic carbocycles. The van der Waals surface area contributed by atoms with Gasteiger partial charge in [0.15, 0.2) is 23.0 Å². The second-order valence-electron chi connectivity index (χ2n) is 10.9. The van der Waals surface area contributed by atoms with E-state index in [0.29, 0.717) is 87.0 Å². The van der Waals surface area contributed by atoms with Crippen molar-refractivity contribution >= 4 is 19.7 Å². The van der Waals surface area contributed by atoms with Crippen molar-refractivity contribution in [3.8, 4) is 23.0 Å². The Bertz CT molecular complexity index is 1560. The number of rotatable bonds is 0. The minimum atomic E-state index is -10.7. The van der Waals surface area contributed by atoms with Crippen molar-refractivity contribution in [3.63, 3.8) is 0 Å². The summed E-state index contributed by atoms with van der Waals surface area (Å²) in [6, 6.07) is 14.9. The Labute approximate surface area is 305 Å². The van der Waals surface area contributed by atoms with Gasteiger partial charge >= 0.3 is 44.9 Å². The van der Waals surface area contributed by atoms with Crippen LogP contribution in [0.4, 0.5) is 25.2 Å². The maximum atomic E-state index is 12.8.